The van der Waals surface area contributed by atoms with Crippen molar-refractivity contribution < 1.29 is 9.59 Å². The summed E-state index contributed by atoms with van der Waals surface area (Å²) in [4.78, 5) is 30.9. The SMILES string of the molecule is CCn1c(C)cc(C(=O)NC2CCN(C(=O)c3ccccn3)C2)c1C. The lowest BCUT2D eigenvalue weighted by molar-refractivity contribution is 0.0777. The van der Waals surface area contributed by atoms with Crippen molar-refractivity contribution in [2.75, 3.05) is 13.1 Å². The summed E-state index contributed by atoms with van der Waals surface area (Å²) in [5, 5.41) is 3.07. The first-order valence-electron chi connectivity index (χ1n) is 8.69. The number of carbonyl (C=O) groups excluding carboxylic acids is 2. The molecule has 3 heterocycles. The van der Waals surface area contributed by atoms with Crippen molar-refractivity contribution in [2.45, 2.75) is 39.8 Å². The van der Waals surface area contributed by atoms with Crippen LogP contribution < -0.4 is 5.32 Å². The van der Waals surface area contributed by atoms with Crippen molar-refractivity contribution >= 4 is 11.8 Å². The maximum atomic E-state index is 12.6. The largest absolute Gasteiger partial charge is 0.349 e. The van der Waals surface area contributed by atoms with E-state index in [1.54, 1.807) is 29.3 Å². The molecule has 2 aromatic heterocycles. The van der Waals surface area contributed by atoms with Gasteiger partial charge in [-0.15, -0.1) is 0 Å². The number of hydrogen-bond donors (Lipinski definition) is 1. The van der Waals surface area contributed by atoms with Gasteiger partial charge in [0.2, 0.25) is 0 Å². The zero-order valence-corrected chi connectivity index (χ0v) is 15.0. The molecule has 1 saturated heterocycles. The van der Waals surface area contributed by atoms with Crippen molar-refractivity contribution in [3.05, 3.63) is 53.1 Å². The van der Waals surface area contributed by atoms with E-state index < -0.39 is 0 Å². The standard InChI is InChI=1S/C19H24N4O2/c1-4-23-13(2)11-16(14(23)3)18(24)21-15-8-10-22(12-15)19(25)17-7-5-6-9-20-17/h5-7,9,11,15H,4,8,10,12H2,1-3H3,(H,21,24). The molecule has 0 aliphatic carbocycles. The van der Waals surface area contributed by atoms with Crippen molar-refractivity contribution in [1.29, 1.82) is 0 Å². The van der Waals surface area contributed by atoms with Crippen LogP contribution >= 0.6 is 0 Å². The molecule has 1 N–H and O–H groups in total. The van der Waals surface area contributed by atoms with Gasteiger partial charge in [0, 0.05) is 43.3 Å². The highest BCUT2D eigenvalue weighted by atomic mass is 16.2. The molecule has 3 rings (SSSR count). The molecular weight excluding hydrogens is 316 g/mol. The van der Waals surface area contributed by atoms with Crippen LogP contribution in [0.1, 0.15) is 45.6 Å². The number of nitrogens with one attached hydrogen (secondary N) is 1. The number of likely N-dealkylation sites (tertiary alicyclic amines) is 1. The van der Waals surface area contributed by atoms with E-state index in [1.807, 2.05) is 19.9 Å². The monoisotopic (exact) mass is 340 g/mol. The fourth-order valence-electron chi connectivity index (χ4n) is 3.49. The number of amides is 2. The van der Waals surface area contributed by atoms with Crippen molar-refractivity contribution in [3.8, 4) is 0 Å². The lowest BCUT2D eigenvalue weighted by Crippen LogP contribution is -2.38. The minimum Gasteiger partial charge on any atom is -0.349 e. The molecule has 1 fully saturated rings. The molecule has 2 aromatic rings. The van der Waals surface area contributed by atoms with Crippen LogP contribution in [0.15, 0.2) is 30.5 Å². The van der Waals surface area contributed by atoms with Gasteiger partial charge in [0.05, 0.1) is 5.56 Å². The average Bonchev–Trinajstić information content (AvgIpc) is 3.19. The fraction of sp³-hybridized carbons (Fsp3) is 0.421. The Morgan fingerprint density at radius 1 is 1.32 bits per heavy atom. The first-order valence-corrected chi connectivity index (χ1v) is 8.69. The van der Waals surface area contributed by atoms with Gasteiger partial charge in [0.1, 0.15) is 5.69 Å². The summed E-state index contributed by atoms with van der Waals surface area (Å²) < 4.78 is 2.13. The van der Waals surface area contributed by atoms with Gasteiger partial charge in [-0.25, -0.2) is 0 Å². The molecule has 1 aliphatic heterocycles. The molecule has 0 radical (unpaired) electrons. The lowest BCUT2D eigenvalue weighted by atomic mass is 10.2. The highest BCUT2D eigenvalue weighted by Gasteiger charge is 2.29. The van der Waals surface area contributed by atoms with Gasteiger partial charge in [-0.3, -0.25) is 14.6 Å². The molecule has 1 aliphatic rings. The Labute approximate surface area is 147 Å². The Hall–Kier alpha value is -2.63. The van der Waals surface area contributed by atoms with Crippen LogP contribution in [0.4, 0.5) is 0 Å². The maximum Gasteiger partial charge on any atom is 0.272 e. The zero-order valence-electron chi connectivity index (χ0n) is 15.0. The summed E-state index contributed by atoms with van der Waals surface area (Å²) in [6, 6.07) is 7.22. The van der Waals surface area contributed by atoms with Gasteiger partial charge in [-0.1, -0.05) is 6.07 Å². The Bertz CT molecular complexity index is 782. The summed E-state index contributed by atoms with van der Waals surface area (Å²) in [5.74, 6) is -0.147. The summed E-state index contributed by atoms with van der Waals surface area (Å²) >= 11 is 0. The lowest BCUT2D eigenvalue weighted by Gasteiger charge is -2.16. The van der Waals surface area contributed by atoms with E-state index in [9.17, 15) is 9.59 Å². The first-order chi connectivity index (χ1) is 12.0. The predicted octanol–water partition coefficient (Wildman–Crippen LogP) is 2.16. The van der Waals surface area contributed by atoms with Crippen LogP contribution in [-0.4, -0.2) is 45.4 Å². The molecule has 0 aromatic carbocycles. The number of nitrogens with zero attached hydrogens (tertiary/aromatic N) is 3. The maximum absolute atomic E-state index is 12.6. The Balaban J connectivity index is 1.63. The average molecular weight is 340 g/mol. The second kappa shape index (κ2) is 7.09. The van der Waals surface area contributed by atoms with Crippen molar-refractivity contribution in [1.82, 2.24) is 19.8 Å². The van der Waals surface area contributed by atoms with Gasteiger partial charge in [0.25, 0.3) is 11.8 Å². The summed E-state index contributed by atoms with van der Waals surface area (Å²) in [7, 11) is 0. The van der Waals surface area contributed by atoms with Crippen LogP contribution in [0.2, 0.25) is 0 Å². The zero-order chi connectivity index (χ0) is 18.0. The van der Waals surface area contributed by atoms with E-state index in [1.165, 1.54) is 0 Å². The quantitative estimate of drug-likeness (QED) is 0.927. The molecule has 0 spiro atoms. The van der Waals surface area contributed by atoms with E-state index in [-0.39, 0.29) is 17.9 Å². The van der Waals surface area contributed by atoms with E-state index in [0.717, 1.165) is 24.4 Å². The minimum absolute atomic E-state index is 0.0233. The van der Waals surface area contributed by atoms with E-state index in [2.05, 4.69) is 21.8 Å². The Kier molecular flexibility index (Phi) is 4.88. The second-order valence-corrected chi connectivity index (χ2v) is 6.45. The number of hydrogen-bond acceptors (Lipinski definition) is 3. The van der Waals surface area contributed by atoms with Crippen molar-refractivity contribution in [3.63, 3.8) is 0 Å². The molecule has 6 nitrogen and oxygen atoms in total. The van der Waals surface area contributed by atoms with Crippen LogP contribution in [0.3, 0.4) is 0 Å². The third kappa shape index (κ3) is 3.43. The van der Waals surface area contributed by atoms with Crippen molar-refractivity contribution in [2.24, 2.45) is 0 Å². The van der Waals surface area contributed by atoms with Crippen LogP contribution in [-0.2, 0) is 6.54 Å². The summed E-state index contributed by atoms with van der Waals surface area (Å²) in [6.07, 6.45) is 2.38. The van der Waals surface area contributed by atoms with E-state index in [4.69, 9.17) is 0 Å². The van der Waals surface area contributed by atoms with Gasteiger partial charge >= 0.3 is 0 Å². The molecule has 6 heteroatoms. The predicted molar refractivity (Wildman–Crippen MR) is 95.6 cm³/mol. The minimum atomic E-state index is -0.0819. The molecule has 25 heavy (non-hydrogen) atoms. The fourth-order valence-corrected chi connectivity index (χ4v) is 3.49. The van der Waals surface area contributed by atoms with Gasteiger partial charge in [-0.05, 0) is 45.4 Å². The summed E-state index contributed by atoms with van der Waals surface area (Å²) in [6.45, 7) is 8.05. The molecule has 2 amide bonds. The number of aromatic nitrogens is 2. The molecule has 132 valence electrons. The number of aryl methyl sites for hydroxylation is 1. The third-order valence-corrected chi connectivity index (χ3v) is 4.83. The van der Waals surface area contributed by atoms with Gasteiger partial charge < -0.3 is 14.8 Å². The molecule has 0 bridgehead atoms. The second-order valence-electron chi connectivity index (χ2n) is 6.45. The smallest absolute Gasteiger partial charge is 0.272 e. The van der Waals surface area contributed by atoms with E-state index in [0.29, 0.717) is 24.3 Å². The van der Waals surface area contributed by atoms with Gasteiger partial charge in [0.15, 0.2) is 0 Å². The normalized spacial score (nSPS) is 16.9. The topological polar surface area (TPSA) is 67.2 Å². The molecule has 1 atom stereocenters. The Morgan fingerprint density at radius 3 is 2.76 bits per heavy atom. The highest BCUT2D eigenvalue weighted by Crippen LogP contribution is 2.17. The number of rotatable bonds is 4. The molecule has 1 unspecified atom stereocenters. The Morgan fingerprint density at radius 2 is 2.12 bits per heavy atom. The van der Waals surface area contributed by atoms with Gasteiger partial charge in [-0.2, -0.15) is 0 Å². The highest BCUT2D eigenvalue weighted by molar-refractivity contribution is 5.96. The summed E-state index contributed by atoms with van der Waals surface area (Å²) in [5.41, 5.74) is 3.23. The molecule has 0 saturated carbocycles. The van der Waals surface area contributed by atoms with Crippen LogP contribution in [0.5, 0.6) is 0 Å². The number of carbonyl (C=O) groups is 2. The molecular formula is C19H24N4O2. The van der Waals surface area contributed by atoms with E-state index >= 15 is 0 Å². The number of pyridine rings is 1. The van der Waals surface area contributed by atoms with Crippen LogP contribution in [0.25, 0.3) is 0 Å². The first kappa shape index (κ1) is 17.2. The third-order valence-electron chi connectivity index (χ3n) is 4.83. The van der Waals surface area contributed by atoms with Crippen LogP contribution in [0, 0.1) is 13.8 Å².